The summed E-state index contributed by atoms with van der Waals surface area (Å²) in [6, 6.07) is 6.32. The van der Waals surface area contributed by atoms with Crippen LogP contribution >= 0.6 is 0 Å². The molecule has 0 aliphatic carbocycles. The number of imidazole rings is 1. The van der Waals surface area contributed by atoms with Crippen molar-refractivity contribution in [3.05, 3.63) is 35.8 Å². The van der Waals surface area contributed by atoms with Gasteiger partial charge in [0, 0.05) is 17.9 Å². The highest BCUT2D eigenvalue weighted by Gasteiger charge is 2.02. The minimum Gasteiger partial charge on any atom is -0.370 e. The molecule has 0 unspecified atom stereocenters. The van der Waals surface area contributed by atoms with Gasteiger partial charge in [-0.05, 0) is 32.9 Å². The zero-order valence-electron chi connectivity index (χ0n) is 11.0. The number of rotatable bonds is 3. The van der Waals surface area contributed by atoms with E-state index in [1.54, 1.807) is 0 Å². The Morgan fingerprint density at radius 1 is 1.50 bits per heavy atom. The number of pyridine rings is 1. The maximum absolute atomic E-state index is 5.75. The van der Waals surface area contributed by atoms with Crippen LogP contribution in [0, 0.1) is 6.92 Å². The number of hydrogen-bond donors (Lipinski definition) is 2. The van der Waals surface area contributed by atoms with E-state index >= 15 is 0 Å². The Morgan fingerprint density at radius 3 is 2.94 bits per heavy atom. The second kappa shape index (κ2) is 5.08. The molecule has 2 rings (SSSR count). The first kappa shape index (κ1) is 12.4. The number of aromatic nitrogens is 2. The number of aliphatic imine (C=N–C) groups is 1. The lowest BCUT2D eigenvalue weighted by Crippen LogP contribution is -2.36. The van der Waals surface area contributed by atoms with Crippen molar-refractivity contribution >= 4 is 11.6 Å². The van der Waals surface area contributed by atoms with Crippen molar-refractivity contribution in [3.63, 3.8) is 0 Å². The van der Waals surface area contributed by atoms with Gasteiger partial charge in [0.15, 0.2) is 5.96 Å². The molecule has 18 heavy (non-hydrogen) atoms. The average molecular weight is 245 g/mol. The van der Waals surface area contributed by atoms with Crippen LogP contribution in [0.1, 0.15) is 25.2 Å². The number of nitrogens with two attached hydrogens (primary N) is 1. The number of hydrogen-bond acceptors (Lipinski definition) is 2. The first-order chi connectivity index (χ1) is 8.56. The fourth-order valence-corrected chi connectivity index (χ4v) is 1.78. The molecule has 5 nitrogen and oxygen atoms in total. The highest BCUT2D eigenvalue weighted by Crippen LogP contribution is 2.08. The molecule has 2 aromatic heterocycles. The van der Waals surface area contributed by atoms with Crippen LogP contribution < -0.4 is 11.1 Å². The van der Waals surface area contributed by atoms with Crippen molar-refractivity contribution in [3.8, 4) is 0 Å². The first-order valence-electron chi connectivity index (χ1n) is 6.06. The van der Waals surface area contributed by atoms with Gasteiger partial charge in [-0.25, -0.2) is 9.98 Å². The molecule has 2 aromatic rings. The van der Waals surface area contributed by atoms with E-state index in [2.05, 4.69) is 32.7 Å². The lowest BCUT2D eigenvalue weighted by atomic mass is 10.4. The lowest BCUT2D eigenvalue weighted by molar-refractivity contribution is 0.723. The fraction of sp³-hybridized carbons (Fsp3) is 0.385. The van der Waals surface area contributed by atoms with Crippen LogP contribution in [0.5, 0.6) is 0 Å². The van der Waals surface area contributed by atoms with Gasteiger partial charge in [-0.1, -0.05) is 6.07 Å². The van der Waals surface area contributed by atoms with E-state index in [9.17, 15) is 0 Å². The summed E-state index contributed by atoms with van der Waals surface area (Å²) >= 11 is 0. The van der Waals surface area contributed by atoms with Gasteiger partial charge in [0.25, 0.3) is 0 Å². The van der Waals surface area contributed by atoms with E-state index in [4.69, 9.17) is 5.73 Å². The second-order valence-electron chi connectivity index (χ2n) is 4.63. The number of guanidine groups is 1. The van der Waals surface area contributed by atoms with Gasteiger partial charge in [0.1, 0.15) is 5.65 Å². The molecule has 0 radical (unpaired) electrons. The zero-order chi connectivity index (χ0) is 13.1. The van der Waals surface area contributed by atoms with Crippen LogP contribution in [0.15, 0.2) is 29.4 Å². The van der Waals surface area contributed by atoms with Gasteiger partial charge >= 0.3 is 0 Å². The fourth-order valence-electron chi connectivity index (χ4n) is 1.78. The van der Waals surface area contributed by atoms with Gasteiger partial charge < -0.3 is 15.5 Å². The maximum Gasteiger partial charge on any atom is 0.189 e. The summed E-state index contributed by atoms with van der Waals surface area (Å²) in [4.78, 5) is 8.76. The van der Waals surface area contributed by atoms with E-state index < -0.39 is 0 Å². The summed E-state index contributed by atoms with van der Waals surface area (Å²) in [5.74, 6) is 0.457. The highest BCUT2D eigenvalue weighted by atomic mass is 15.1. The second-order valence-corrected chi connectivity index (χ2v) is 4.63. The molecular formula is C13H19N5. The Hall–Kier alpha value is -2.04. The standard InChI is InChI=1S/C13H19N5/c1-9(2)16-13(14)15-7-11-8-18-10(3)5-4-6-12(18)17-11/h4-6,8-9H,7H2,1-3H3,(H3,14,15,16). The molecule has 2 heterocycles. The molecule has 0 aromatic carbocycles. The number of fused-ring (bicyclic) bond motifs is 1. The van der Waals surface area contributed by atoms with Crippen LogP contribution in [-0.4, -0.2) is 21.4 Å². The molecule has 0 aliphatic heterocycles. The van der Waals surface area contributed by atoms with Crippen molar-refractivity contribution in [1.82, 2.24) is 14.7 Å². The van der Waals surface area contributed by atoms with Crippen LogP contribution in [0.2, 0.25) is 0 Å². The summed E-state index contributed by atoms with van der Waals surface area (Å²) < 4.78 is 2.05. The van der Waals surface area contributed by atoms with E-state index in [1.807, 2.05) is 32.2 Å². The van der Waals surface area contributed by atoms with E-state index in [-0.39, 0.29) is 6.04 Å². The van der Waals surface area contributed by atoms with Crippen molar-refractivity contribution in [2.24, 2.45) is 10.7 Å². The van der Waals surface area contributed by atoms with Gasteiger partial charge in [-0.2, -0.15) is 0 Å². The van der Waals surface area contributed by atoms with Gasteiger partial charge in [-0.3, -0.25) is 0 Å². The molecule has 5 heteroatoms. The SMILES string of the molecule is Cc1cccc2nc(CN=C(N)NC(C)C)cn12. The molecule has 0 atom stereocenters. The molecule has 0 saturated heterocycles. The Labute approximate surface area is 107 Å². The molecule has 0 saturated carbocycles. The molecule has 0 spiro atoms. The maximum atomic E-state index is 5.75. The lowest BCUT2D eigenvalue weighted by Gasteiger charge is -2.07. The van der Waals surface area contributed by atoms with E-state index in [0.29, 0.717) is 12.5 Å². The van der Waals surface area contributed by atoms with Crippen LogP contribution in [0.25, 0.3) is 5.65 Å². The van der Waals surface area contributed by atoms with Gasteiger partial charge in [0.05, 0.1) is 12.2 Å². The van der Waals surface area contributed by atoms with E-state index in [1.165, 1.54) is 0 Å². The zero-order valence-corrected chi connectivity index (χ0v) is 11.0. The smallest absolute Gasteiger partial charge is 0.189 e. The van der Waals surface area contributed by atoms with E-state index in [0.717, 1.165) is 17.0 Å². The Bertz CT molecular complexity index is 568. The highest BCUT2D eigenvalue weighted by molar-refractivity contribution is 5.78. The molecule has 3 N–H and O–H groups in total. The summed E-state index contributed by atoms with van der Waals surface area (Å²) in [5.41, 5.74) is 8.76. The number of aryl methyl sites for hydroxylation is 1. The summed E-state index contributed by atoms with van der Waals surface area (Å²) in [7, 11) is 0. The normalized spacial score (nSPS) is 12.3. The predicted octanol–water partition coefficient (Wildman–Crippen LogP) is 1.46. The quantitative estimate of drug-likeness (QED) is 0.635. The average Bonchev–Trinajstić information content (AvgIpc) is 2.70. The minimum atomic E-state index is 0.289. The van der Waals surface area contributed by atoms with Crippen LogP contribution in [-0.2, 0) is 6.54 Å². The van der Waals surface area contributed by atoms with Crippen molar-refractivity contribution < 1.29 is 0 Å². The number of nitrogens with zero attached hydrogens (tertiary/aromatic N) is 3. The van der Waals surface area contributed by atoms with Crippen molar-refractivity contribution in [2.45, 2.75) is 33.4 Å². The van der Waals surface area contributed by atoms with Gasteiger partial charge in [0.2, 0.25) is 0 Å². The molecular weight excluding hydrogens is 226 g/mol. The third-order valence-electron chi connectivity index (χ3n) is 2.59. The van der Waals surface area contributed by atoms with Crippen LogP contribution in [0.3, 0.4) is 0 Å². The third-order valence-corrected chi connectivity index (χ3v) is 2.59. The Balaban J connectivity index is 2.15. The molecule has 0 amide bonds. The monoisotopic (exact) mass is 245 g/mol. The molecule has 0 bridgehead atoms. The van der Waals surface area contributed by atoms with Crippen LogP contribution in [0.4, 0.5) is 0 Å². The minimum absolute atomic E-state index is 0.289. The molecule has 0 fully saturated rings. The van der Waals surface area contributed by atoms with Crippen molar-refractivity contribution in [1.29, 1.82) is 0 Å². The Morgan fingerprint density at radius 2 is 2.28 bits per heavy atom. The number of nitrogens with one attached hydrogen (secondary N) is 1. The summed E-state index contributed by atoms with van der Waals surface area (Å²) in [6.45, 7) is 6.59. The summed E-state index contributed by atoms with van der Waals surface area (Å²) in [6.07, 6.45) is 2.00. The molecule has 0 aliphatic rings. The topological polar surface area (TPSA) is 67.7 Å². The predicted molar refractivity (Wildman–Crippen MR) is 73.5 cm³/mol. The van der Waals surface area contributed by atoms with Crippen molar-refractivity contribution in [2.75, 3.05) is 0 Å². The first-order valence-corrected chi connectivity index (χ1v) is 6.06. The molecule has 96 valence electrons. The van der Waals surface area contributed by atoms with Gasteiger partial charge in [-0.15, -0.1) is 0 Å². The third kappa shape index (κ3) is 2.80. The Kier molecular flexibility index (Phi) is 3.50. The largest absolute Gasteiger partial charge is 0.370 e. The summed E-state index contributed by atoms with van der Waals surface area (Å²) in [5, 5.41) is 3.05.